The fourth-order valence-electron chi connectivity index (χ4n) is 2.35. The van der Waals surface area contributed by atoms with Crippen molar-refractivity contribution in [2.24, 2.45) is 0 Å². The summed E-state index contributed by atoms with van der Waals surface area (Å²) in [6, 6.07) is 4.77. The smallest absolute Gasteiger partial charge is 0.0704 e. The Balaban J connectivity index is 1.72. The van der Waals surface area contributed by atoms with Gasteiger partial charge in [0.05, 0.1) is 3.79 Å². The number of hydrogen-bond donors (Lipinski definition) is 2. The third-order valence-corrected chi connectivity index (χ3v) is 4.89. The highest BCUT2D eigenvalue weighted by Gasteiger charge is 2.22. The third-order valence-electron chi connectivity index (χ3n) is 3.18. The van der Waals surface area contributed by atoms with Gasteiger partial charge in [0.2, 0.25) is 0 Å². The summed E-state index contributed by atoms with van der Waals surface area (Å²) in [6.07, 6.45) is 5.53. The average molecular weight is 312 g/mol. The SMILES string of the molecule is Brc1cc2c(s1)CCCC2NCc1ccn[nH]1. The fraction of sp³-hybridized carbons (Fsp3) is 0.417. The van der Waals surface area contributed by atoms with Gasteiger partial charge in [0, 0.05) is 29.4 Å². The molecule has 0 fully saturated rings. The maximum absolute atomic E-state index is 3.96. The summed E-state index contributed by atoms with van der Waals surface area (Å²) in [4.78, 5) is 1.53. The number of fused-ring (bicyclic) bond motifs is 1. The summed E-state index contributed by atoms with van der Waals surface area (Å²) in [5.41, 5.74) is 2.62. The summed E-state index contributed by atoms with van der Waals surface area (Å²) in [7, 11) is 0. The van der Waals surface area contributed by atoms with Crippen LogP contribution in [-0.2, 0) is 13.0 Å². The van der Waals surface area contributed by atoms with Crippen LogP contribution >= 0.6 is 27.3 Å². The minimum Gasteiger partial charge on any atom is -0.304 e. The first-order valence-electron chi connectivity index (χ1n) is 5.82. The molecule has 2 aromatic heterocycles. The van der Waals surface area contributed by atoms with Gasteiger partial charge >= 0.3 is 0 Å². The molecule has 17 heavy (non-hydrogen) atoms. The topological polar surface area (TPSA) is 40.7 Å². The molecule has 0 aliphatic heterocycles. The van der Waals surface area contributed by atoms with Gasteiger partial charge in [-0.1, -0.05) is 0 Å². The van der Waals surface area contributed by atoms with Crippen LogP contribution in [0.4, 0.5) is 0 Å². The van der Waals surface area contributed by atoms with Gasteiger partial charge in [-0.3, -0.25) is 5.10 Å². The van der Waals surface area contributed by atoms with E-state index in [0.717, 1.165) is 12.2 Å². The quantitative estimate of drug-likeness (QED) is 0.912. The number of rotatable bonds is 3. The van der Waals surface area contributed by atoms with Crippen molar-refractivity contribution in [3.05, 3.63) is 38.3 Å². The molecule has 90 valence electrons. The maximum atomic E-state index is 3.96. The second-order valence-corrected chi connectivity index (χ2v) is 6.85. The fourth-order valence-corrected chi connectivity index (χ4v) is 4.17. The number of aromatic nitrogens is 2. The molecular weight excluding hydrogens is 298 g/mol. The minimum absolute atomic E-state index is 0.490. The molecule has 2 aromatic rings. The number of aryl methyl sites for hydroxylation is 1. The van der Waals surface area contributed by atoms with E-state index in [0.29, 0.717) is 6.04 Å². The Hall–Kier alpha value is -0.650. The van der Waals surface area contributed by atoms with E-state index >= 15 is 0 Å². The maximum Gasteiger partial charge on any atom is 0.0704 e. The lowest BCUT2D eigenvalue weighted by atomic mass is 9.94. The zero-order valence-electron chi connectivity index (χ0n) is 9.37. The molecule has 0 radical (unpaired) electrons. The van der Waals surface area contributed by atoms with E-state index in [-0.39, 0.29) is 0 Å². The van der Waals surface area contributed by atoms with Crippen molar-refractivity contribution in [3.63, 3.8) is 0 Å². The van der Waals surface area contributed by atoms with E-state index in [1.807, 2.05) is 17.4 Å². The summed E-state index contributed by atoms with van der Waals surface area (Å²) < 4.78 is 1.25. The molecule has 1 aliphatic rings. The van der Waals surface area contributed by atoms with Crippen LogP contribution < -0.4 is 5.32 Å². The highest BCUT2D eigenvalue weighted by molar-refractivity contribution is 9.11. The molecule has 5 heteroatoms. The van der Waals surface area contributed by atoms with E-state index in [1.54, 1.807) is 6.20 Å². The summed E-state index contributed by atoms with van der Waals surface area (Å²) >= 11 is 5.46. The largest absolute Gasteiger partial charge is 0.304 e. The molecule has 2 heterocycles. The van der Waals surface area contributed by atoms with Crippen LogP contribution in [0.15, 0.2) is 22.1 Å². The molecule has 1 atom stereocenters. The van der Waals surface area contributed by atoms with Crippen LogP contribution in [-0.4, -0.2) is 10.2 Å². The molecule has 0 bridgehead atoms. The Labute approximate surface area is 113 Å². The van der Waals surface area contributed by atoms with Gasteiger partial charge in [-0.15, -0.1) is 11.3 Å². The van der Waals surface area contributed by atoms with E-state index in [4.69, 9.17) is 0 Å². The standard InChI is InChI=1S/C12H14BrN3S/c13-12-6-9-10(2-1-3-11(9)17-12)14-7-8-4-5-15-16-8/h4-6,10,14H,1-3,7H2,(H,15,16). The summed E-state index contributed by atoms with van der Waals surface area (Å²) in [5.74, 6) is 0. The normalized spacial score (nSPS) is 19.2. The Morgan fingerprint density at radius 3 is 3.35 bits per heavy atom. The first-order valence-corrected chi connectivity index (χ1v) is 7.43. The van der Waals surface area contributed by atoms with E-state index in [1.165, 1.54) is 33.5 Å². The average Bonchev–Trinajstić information content (AvgIpc) is 2.93. The van der Waals surface area contributed by atoms with Crippen LogP contribution in [0.1, 0.15) is 35.0 Å². The summed E-state index contributed by atoms with van der Waals surface area (Å²) in [6.45, 7) is 0.859. The van der Waals surface area contributed by atoms with Gasteiger partial charge in [-0.25, -0.2) is 0 Å². The molecule has 1 aliphatic carbocycles. The van der Waals surface area contributed by atoms with Crippen molar-refractivity contribution >= 4 is 27.3 Å². The zero-order valence-corrected chi connectivity index (χ0v) is 11.8. The number of aromatic amines is 1. The minimum atomic E-state index is 0.490. The zero-order chi connectivity index (χ0) is 11.7. The molecule has 0 saturated heterocycles. The Morgan fingerprint density at radius 1 is 1.59 bits per heavy atom. The van der Waals surface area contributed by atoms with Crippen molar-refractivity contribution in [1.29, 1.82) is 0 Å². The number of nitrogens with one attached hydrogen (secondary N) is 2. The van der Waals surface area contributed by atoms with Crippen molar-refractivity contribution in [2.45, 2.75) is 31.8 Å². The molecule has 3 nitrogen and oxygen atoms in total. The molecule has 0 spiro atoms. The molecule has 2 N–H and O–H groups in total. The van der Waals surface area contributed by atoms with Crippen LogP contribution in [0.25, 0.3) is 0 Å². The predicted octanol–water partition coefficient (Wildman–Crippen LogP) is 3.40. The van der Waals surface area contributed by atoms with Gasteiger partial charge in [-0.2, -0.15) is 5.10 Å². The van der Waals surface area contributed by atoms with Crippen LogP contribution in [0, 0.1) is 0 Å². The van der Waals surface area contributed by atoms with Crippen LogP contribution in [0.3, 0.4) is 0 Å². The third kappa shape index (κ3) is 2.46. The number of halogens is 1. The number of nitrogens with zero attached hydrogens (tertiary/aromatic N) is 1. The van der Waals surface area contributed by atoms with Crippen LogP contribution in [0.2, 0.25) is 0 Å². The van der Waals surface area contributed by atoms with Gasteiger partial charge in [0.15, 0.2) is 0 Å². The van der Waals surface area contributed by atoms with Crippen LogP contribution in [0.5, 0.6) is 0 Å². The molecular formula is C12H14BrN3S. The highest BCUT2D eigenvalue weighted by Crippen LogP contribution is 2.37. The van der Waals surface area contributed by atoms with Gasteiger partial charge in [-0.05, 0) is 52.9 Å². The molecule has 3 rings (SSSR count). The number of thiophene rings is 1. The second kappa shape index (κ2) is 4.92. The van der Waals surface area contributed by atoms with Gasteiger partial charge < -0.3 is 5.32 Å². The first-order chi connectivity index (χ1) is 8.33. The van der Waals surface area contributed by atoms with E-state index in [2.05, 4.69) is 37.5 Å². The Morgan fingerprint density at radius 2 is 2.53 bits per heavy atom. The number of hydrogen-bond acceptors (Lipinski definition) is 3. The van der Waals surface area contributed by atoms with Crippen molar-refractivity contribution in [2.75, 3.05) is 0 Å². The molecule has 0 aromatic carbocycles. The monoisotopic (exact) mass is 311 g/mol. The lowest BCUT2D eigenvalue weighted by Gasteiger charge is -2.23. The van der Waals surface area contributed by atoms with E-state index < -0.39 is 0 Å². The van der Waals surface area contributed by atoms with Gasteiger partial charge in [0.25, 0.3) is 0 Å². The molecule has 0 saturated carbocycles. The first kappa shape index (κ1) is 11.4. The molecule has 0 amide bonds. The van der Waals surface area contributed by atoms with Crippen molar-refractivity contribution < 1.29 is 0 Å². The predicted molar refractivity (Wildman–Crippen MR) is 73.1 cm³/mol. The molecule has 1 unspecified atom stereocenters. The number of H-pyrrole nitrogens is 1. The lowest BCUT2D eigenvalue weighted by molar-refractivity contribution is 0.460. The summed E-state index contributed by atoms with van der Waals surface area (Å²) in [5, 5.41) is 10.6. The van der Waals surface area contributed by atoms with E-state index in [9.17, 15) is 0 Å². The second-order valence-electron chi connectivity index (χ2n) is 4.34. The van der Waals surface area contributed by atoms with Gasteiger partial charge in [0.1, 0.15) is 0 Å². The Kier molecular flexibility index (Phi) is 3.31. The highest BCUT2D eigenvalue weighted by atomic mass is 79.9. The van der Waals surface area contributed by atoms with Crippen molar-refractivity contribution in [3.8, 4) is 0 Å². The lowest BCUT2D eigenvalue weighted by Crippen LogP contribution is -2.24. The van der Waals surface area contributed by atoms with Crippen molar-refractivity contribution in [1.82, 2.24) is 15.5 Å². The Bertz CT molecular complexity index is 492.